The van der Waals surface area contributed by atoms with Gasteiger partial charge in [0, 0.05) is 23.9 Å². The Labute approximate surface area is 201 Å². The monoisotopic (exact) mass is 447 g/mol. The van der Waals surface area contributed by atoms with Crippen molar-refractivity contribution in [3.8, 4) is 11.1 Å². The minimum absolute atomic E-state index is 0.261. The van der Waals surface area contributed by atoms with Crippen LogP contribution in [-0.2, 0) is 22.4 Å². The topological polar surface area (TPSA) is 38.3 Å². The number of carbonyl (C=O) groups excluding carboxylic acids is 1. The fourth-order valence-corrected chi connectivity index (χ4v) is 4.89. The highest BCUT2D eigenvalue weighted by atomic mass is 16.5. The minimum atomic E-state index is -0.261. The summed E-state index contributed by atoms with van der Waals surface area (Å²) < 4.78 is 5.17. The number of fused-ring (bicyclic) bond motifs is 2. The molecule has 1 aliphatic carbocycles. The first-order chi connectivity index (χ1) is 16.7. The van der Waals surface area contributed by atoms with Crippen molar-refractivity contribution in [2.45, 2.75) is 26.2 Å². The van der Waals surface area contributed by atoms with E-state index in [9.17, 15) is 4.79 Å². The average molecular weight is 448 g/mol. The summed E-state index contributed by atoms with van der Waals surface area (Å²) in [4.78, 5) is 12.1. The van der Waals surface area contributed by atoms with Crippen molar-refractivity contribution in [1.29, 1.82) is 0 Å². The fourth-order valence-electron chi connectivity index (χ4n) is 4.89. The van der Waals surface area contributed by atoms with Gasteiger partial charge in [0.05, 0.1) is 6.61 Å². The molecule has 0 saturated carbocycles. The van der Waals surface area contributed by atoms with Crippen molar-refractivity contribution >= 4 is 28.0 Å². The molecule has 0 saturated heterocycles. The van der Waals surface area contributed by atoms with Gasteiger partial charge in [0.25, 0.3) is 0 Å². The standard InChI is InChI=1S/C31H29NO2/c1-2-34-30(33)21-25-14-15-28-27(25)16-17-29(32-19-18-22-8-4-3-5-9-22)31(28)26-13-12-23-10-6-7-11-24(23)20-26/h3-13,16-17,20-21,32H,2,14-15,18-19H2,1H3/b25-21+. The smallest absolute Gasteiger partial charge is 0.331 e. The summed E-state index contributed by atoms with van der Waals surface area (Å²) in [5.41, 5.74) is 8.43. The van der Waals surface area contributed by atoms with Crippen LogP contribution in [0.4, 0.5) is 5.69 Å². The third kappa shape index (κ3) is 4.60. The van der Waals surface area contributed by atoms with Crippen molar-refractivity contribution in [1.82, 2.24) is 0 Å². The first kappa shape index (κ1) is 22.0. The molecule has 0 aromatic heterocycles. The van der Waals surface area contributed by atoms with Crippen molar-refractivity contribution < 1.29 is 9.53 Å². The Morgan fingerprint density at radius 2 is 1.71 bits per heavy atom. The summed E-state index contributed by atoms with van der Waals surface area (Å²) in [5.74, 6) is -0.261. The Bertz CT molecular complexity index is 1350. The van der Waals surface area contributed by atoms with Crippen molar-refractivity contribution in [2.75, 3.05) is 18.5 Å². The molecule has 0 fully saturated rings. The SMILES string of the molecule is CCOC(=O)/C=C1\CCc2c1ccc(NCCc1ccccc1)c2-c1ccc2ccccc2c1. The molecule has 3 nitrogen and oxygen atoms in total. The lowest BCUT2D eigenvalue weighted by Gasteiger charge is -2.18. The van der Waals surface area contributed by atoms with Gasteiger partial charge < -0.3 is 10.1 Å². The van der Waals surface area contributed by atoms with Gasteiger partial charge in [0.15, 0.2) is 0 Å². The second kappa shape index (κ2) is 9.96. The van der Waals surface area contributed by atoms with E-state index in [2.05, 4.69) is 90.2 Å². The molecule has 170 valence electrons. The van der Waals surface area contributed by atoms with Gasteiger partial charge in [-0.2, -0.15) is 0 Å². The van der Waals surface area contributed by atoms with Gasteiger partial charge in [-0.15, -0.1) is 0 Å². The first-order valence-corrected chi connectivity index (χ1v) is 12.0. The maximum atomic E-state index is 12.1. The number of anilines is 1. The van der Waals surface area contributed by atoms with E-state index in [4.69, 9.17) is 4.74 Å². The van der Waals surface area contributed by atoms with E-state index < -0.39 is 0 Å². The quantitative estimate of drug-likeness (QED) is 0.244. The number of carbonyl (C=O) groups is 1. The zero-order chi connectivity index (χ0) is 23.3. The molecule has 4 aromatic rings. The molecule has 0 atom stereocenters. The van der Waals surface area contributed by atoms with E-state index in [1.54, 1.807) is 6.08 Å². The van der Waals surface area contributed by atoms with Gasteiger partial charge in [0.2, 0.25) is 0 Å². The highest BCUT2D eigenvalue weighted by molar-refractivity contribution is 5.97. The molecule has 0 amide bonds. The Morgan fingerprint density at radius 3 is 2.53 bits per heavy atom. The molecule has 5 rings (SSSR count). The molecule has 0 spiro atoms. The molecule has 0 unspecified atom stereocenters. The van der Waals surface area contributed by atoms with Crippen molar-refractivity contribution in [3.63, 3.8) is 0 Å². The number of benzene rings is 4. The summed E-state index contributed by atoms with van der Waals surface area (Å²) >= 11 is 0. The van der Waals surface area contributed by atoms with E-state index in [-0.39, 0.29) is 5.97 Å². The third-order valence-electron chi connectivity index (χ3n) is 6.49. The lowest BCUT2D eigenvalue weighted by atomic mass is 9.92. The Balaban J connectivity index is 1.54. The van der Waals surface area contributed by atoms with Crippen LogP contribution in [-0.4, -0.2) is 19.1 Å². The minimum Gasteiger partial charge on any atom is -0.463 e. The van der Waals surface area contributed by atoms with Crippen LogP contribution in [0.3, 0.4) is 0 Å². The van der Waals surface area contributed by atoms with Gasteiger partial charge in [-0.05, 0) is 76.9 Å². The maximum absolute atomic E-state index is 12.1. The van der Waals surface area contributed by atoms with Crippen LogP contribution in [0, 0.1) is 0 Å². The van der Waals surface area contributed by atoms with Crippen LogP contribution in [0.1, 0.15) is 30.0 Å². The van der Waals surface area contributed by atoms with Crippen LogP contribution < -0.4 is 5.32 Å². The number of rotatable bonds is 7. The second-order valence-electron chi connectivity index (χ2n) is 8.66. The summed E-state index contributed by atoms with van der Waals surface area (Å²) in [6.07, 6.45) is 4.39. The third-order valence-corrected chi connectivity index (χ3v) is 6.49. The highest BCUT2D eigenvalue weighted by Gasteiger charge is 2.23. The molecule has 4 aromatic carbocycles. The Morgan fingerprint density at radius 1 is 0.912 bits per heavy atom. The molecule has 0 heterocycles. The highest BCUT2D eigenvalue weighted by Crippen LogP contribution is 2.43. The number of nitrogens with one attached hydrogen (secondary N) is 1. The van der Waals surface area contributed by atoms with Crippen LogP contribution in [0.5, 0.6) is 0 Å². The van der Waals surface area contributed by atoms with E-state index in [0.29, 0.717) is 6.61 Å². The normalized spacial score (nSPS) is 13.7. The molecular formula is C31H29NO2. The predicted octanol–water partition coefficient (Wildman–Crippen LogP) is 7.05. The van der Waals surface area contributed by atoms with Crippen LogP contribution >= 0.6 is 0 Å². The van der Waals surface area contributed by atoms with E-state index in [1.165, 1.54) is 33.0 Å². The number of hydrogen-bond donors (Lipinski definition) is 1. The van der Waals surface area contributed by atoms with E-state index in [0.717, 1.165) is 42.6 Å². The first-order valence-electron chi connectivity index (χ1n) is 12.0. The molecule has 34 heavy (non-hydrogen) atoms. The van der Waals surface area contributed by atoms with Gasteiger partial charge in [-0.1, -0.05) is 72.8 Å². The number of hydrogen-bond acceptors (Lipinski definition) is 3. The number of allylic oxidation sites excluding steroid dienone is 1. The zero-order valence-electron chi connectivity index (χ0n) is 19.5. The van der Waals surface area contributed by atoms with Gasteiger partial charge in [0.1, 0.15) is 0 Å². The van der Waals surface area contributed by atoms with E-state index in [1.807, 2.05) is 6.92 Å². The molecule has 0 radical (unpaired) electrons. The largest absolute Gasteiger partial charge is 0.463 e. The summed E-state index contributed by atoms with van der Waals surface area (Å²) in [7, 11) is 0. The lowest BCUT2D eigenvalue weighted by Crippen LogP contribution is -2.07. The summed E-state index contributed by atoms with van der Waals surface area (Å²) in [6.45, 7) is 3.08. The molecule has 0 bridgehead atoms. The summed E-state index contributed by atoms with van der Waals surface area (Å²) in [6, 6.07) is 30.0. The molecule has 0 aliphatic heterocycles. The van der Waals surface area contributed by atoms with Crippen molar-refractivity contribution in [2.24, 2.45) is 0 Å². The van der Waals surface area contributed by atoms with Crippen LogP contribution in [0.15, 0.2) is 91.0 Å². The average Bonchev–Trinajstić information content (AvgIpc) is 3.27. The zero-order valence-corrected chi connectivity index (χ0v) is 19.5. The second-order valence-corrected chi connectivity index (χ2v) is 8.66. The Hall–Kier alpha value is -3.85. The molecule has 3 heteroatoms. The number of ether oxygens (including phenoxy) is 1. The van der Waals surface area contributed by atoms with Crippen molar-refractivity contribution in [3.05, 3.63) is 108 Å². The molecule has 1 N–H and O–H groups in total. The Kier molecular flexibility index (Phi) is 6.44. The van der Waals surface area contributed by atoms with E-state index >= 15 is 0 Å². The van der Waals surface area contributed by atoms with Crippen LogP contribution in [0.2, 0.25) is 0 Å². The fraction of sp³-hybridized carbons (Fsp3) is 0.194. The maximum Gasteiger partial charge on any atom is 0.331 e. The number of esters is 1. The van der Waals surface area contributed by atoms with Gasteiger partial charge in [-0.25, -0.2) is 4.79 Å². The lowest BCUT2D eigenvalue weighted by molar-refractivity contribution is -0.137. The predicted molar refractivity (Wildman–Crippen MR) is 141 cm³/mol. The summed E-state index contributed by atoms with van der Waals surface area (Å²) in [5, 5.41) is 6.17. The van der Waals surface area contributed by atoms with Gasteiger partial charge >= 0.3 is 5.97 Å². The van der Waals surface area contributed by atoms with Crippen LogP contribution in [0.25, 0.3) is 27.5 Å². The van der Waals surface area contributed by atoms with Gasteiger partial charge in [-0.3, -0.25) is 0 Å². The molecule has 1 aliphatic rings. The molecular weight excluding hydrogens is 418 g/mol.